The van der Waals surface area contributed by atoms with Crippen LogP contribution in [0.2, 0.25) is 0 Å². The second-order valence-electron chi connectivity index (χ2n) is 8.62. The number of fused-ring (bicyclic) bond motifs is 3. The van der Waals surface area contributed by atoms with Gasteiger partial charge in [-0.1, -0.05) is 48.5 Å². The summed E-state index contributed by atoms with van der Waals surface area (Å²) in [4.78, 5) is 22.9. The van der Waals surface area contributed by atoms with Gasteiger partial charge >= 0.3 is 6.09 Å². The summed E-state index contributed by atoms with van der Waals surface area (Å²) in [5, 5.41) is 12.1. The van der Waals surface area contributed by atoms with Crippen LogP contribution in [0.15, 0.2) is 72.1 Å². The Balaban J connectivity index is 1.30. The molecule has 1 fully saturated rings. The van der Waals surface area contributed by atoms with Gasteiger partial charge in [0.15, 0.2) is 11.5 Å². The number of nitrogens with zero attached hydrogens (tertiary/aromatic N) is 6. The monoisotopic (exact) mass is 484 g/mol. The fourth-order valence-electron chi connectivity index (χ4n) is 4.56. The molecular weight excluding hydrogens is 460 g/mol. The molecular formula is C26H24N6O2S. The minimum absolute atomic E-state index is 0.0444. The Morgan fingerprint density at radius 2 is 1.86 bits per heavy atom. The molecule has 5 aromatic rings. The number of rotatable bonds is 4. The molecule has 0 bridgehead atoms. The predicted molar refractivity (Wildman–Crippen MR) is 137 cm³/mol. The molecule has 1 amide bonds. The fraction of sp³-hybridized carbons (Fsp3) is 0.231. The number of ether oxygens (including phenoxy) is 1. The number of amides is 1. The molecule has 1 atom stereocenters. The third kappa shape index (κ3) is 3.97. The van der Waals surface area contributed by atoms with Gasteiger partial charge in [0.25, 0.3) is 0 Å². The van der Waals surface area contributed by atoms with E-state index >= 15 is 0 Å². The molecule has 2 aromatic carbocycles. The molecule has 1 aliphatic heterocycles. The number of thiophene rings is 1. The van der Waals surface area contributed by atoms with Crippen molar-refractivity contribution in [2.24, 2.45) is 0 Å². The lowest BCUT2D eigenvalue weighted by Gasteiger charge is -2.39. The summed E-state index contributed by atoms with van der Waals surface area (Å²) in [5.74, 6) is 1.57. The molecule has 4 heterocycles. The van der Waals surface area contributed by atoms with E-state index in [2.05, 4.69) is 15.1 Å². The van der Waals surface area contributed by atoms with Crippen molar-refractivity contribution < 1.29 is 9.53 Å². The summed E-state index contributed by atoms with van der Waals surface area (Å²) in [6.07, 6.45) is -0.291. The fourth-order valence-corrected chi connectivity index (χ4v) is 5.25. The van der Waals surface area contributed by atoms with Crippen molar-refractivity contribution in [3.8, 4) is 10.7 Å². The van der Waals surface area contributed by atoms with E-state index in [0.717, 1.165) is 38.8 Å². The molecule has 1 aliphatic rings. The van der Waals surface area contributed by atoms with Gasteiger partial charge in [-0.15, -0.1) is 21.5 Å². The van der Waals surface area contributed by atoms with Gasteiger partial charge in [0, 0.05) is 31.1 Å². The molecule has 0 spiro atoms. The van der Waals surface area contributed by atoms with E-state index in [1.54, 1.807) is 16.2 Å². The highest BCUT2D eigenvalue weighted by Gasteiger charge is 2.31. The molecule has 9 heteroatoms. The Morgan fingerprint density at radius 3 is 2.66 bits per heavy atom. The van der Waals surface area contributed by atoms with Gasteiger partial charge in [-0.05, 0) is 36.1 Å². The minimum atomic E-state index is -0.291. The first kappa shape index (κ1) is 21.5. The van der Waals surface area contributed by atoms with E-state index < -0.39 is 0 Å². The molecule has 6 rings (SSSR count). The summed E-state index contributed by atoms with van der Waals surface area (Å²) >= 11 is 1.63. The van der Waals surface area contributed by atoms with Gasteiger partial charge in [-0.2, -0.15) is 0 Å². The third-order valence-electron chi connectivity index (χ3n) is 6.32. The average Bonchev–Trinajstić information content (AvgIpc) is 3.58. The van der Waals surface area contributed by atoms with Crippen molar-refractivity contribution in [2.45, 2.75) is 19.6 Å². The van der Waals surface area contributed by atoms with Crippen LogP contribution in [0.1, 0.15) is 12.5 Å². The lowest BCUT2D eigenvalue weighted by Crippen LogP contribution is -2.54. The molecule has 1 unspecified atom stereocenters. The number of aromatic nitrogens is 4. The number of hydrogen-bond acceptors (Lipinski definition) is 7. The van der Waals surface area contributed by atoms with Crippen LogP contribution in [0.25, 0.3) is 27.3 Å². The highest BCUT2D eigenvalue weighted by Crippen LogP contribution is 2.31. The first-order valence-corrected chi connectivity index (χ1v) is 12.5. The molecule has 1 saturated heterocycles. The highest BCUT2D eigenvalue weighted by atomic mass is 32.1. The molecule has 35 heavy (non-hydrogen) atoms. The zero-order valence-electron chi connectivity index (χ0n) is 19.2. The van der Waals surface area contributed by atoms with E-state index in [1.807, 2.05) is 83.4 Å². The quantitative estimate of drug-likeness (QED) is 0.363. The number of hydrogen-bond donors (Lipinski definition) is 0. The van der Waals surface area contributed by atoms with Crippen molar-refractivity contribution in [2.75, 3.05) is 24.5 Å². The zero-order chi connectivity index (χ0) is 23.8. The third-order valence-corrected chi connectivity index (χ3v) is 7.19. The molecule has 0 aliphatic carbocycles. The van der Waals surface area contributed by atoms with Gasteiger partial charge in [-0.3, -0.25) is 0 Å². The Bertz CT molecular complexity index is 1480. The Morgan fingerprint density at radius 1 is 1.03 bits per heavy atom. The first-order chi connectivity index (χ1) is 17.2. The van der Waals surface area contributed by atoms with Crippen LogP contribution in [0.4, 0.5) is 10.7 Å². The molecule has 8 nitrogen and oxygen atoms in total. The smallest absolute Gasteiger partial charge is 0.410 e. The highest BCUT2D eigenvalue weighted by molar-refractivity contribution is 7.13. The number of carbonyl (C=O) groups excluding carboxylic acids is 1. The minimum Gasteiger partial charge on any atom is -0.445 e. The van der Waals surface area contributed by atoms with Gasteiger partial charge in [-0.25, -0.2) is 14.2 Å². The Kier molecular flexibility index (Phi) is 5.54. The van der Waals surface area contributed by atoms with Crippen molar-refractivity contribution in [1.29, 1.82) is 0 Å². The lowest BCUT2D eigenvalue weighted by molar-refractivity contribution is 0.0793. The summed E-state index contributed by atoms with van der Waals surface area (Å²) < 4.78 is 7.64. The molecule has 176 valence electrons. The average molecular weight is 485 g/mol. The van der Waals surface area contributed by atoms with Gasteiger partial charge < -0.3 is 14.5 Å². The number of carbonyl (C=O) groups is 1. The molecule has 0 radical (unpaired) electrons. The SMILES string of the molecule is CC1CN(c2nc3ccccc3c3nnc(-c4cccs4)n23)CCN1C(=O)OCc1ccccc1. The second kappa shape index (κ2) is 8.99. The maximum Gasteiger partial charge on any atom is 0.410 e. The summed E-state index contributed by atoms with van der Waals surface area (Å²) in [6, 6.07) is 21.7. The number of anilines is 1. The van der Waals surface area contributed by atoms with Crippen LogP contribution in [-0.4, -0.2) is 56.3 Å². The standard InChI is InChI=1S/C26H24N6O2S/c1-18-16-30(13-14-31(18)26(33)34-17-19-8-3-2-4-9-19)25-27-21-11-6-5-10-20(21)23-28-29-24(32(23)25)22-12-7-15-35-22/h2-12,15,18H,13-14,16-17H2,1H3. The second-order valence-corrected chi connectivity index (χ2v) is 9.57. The largest absolute Gasteiger partial charge is 0.445 e. The molecule has 0 saturated carbocycles. The normalized spacial score (nSPS) is 16.2. The molecule has 0 N–H and O–H groups in total. The van der Waals surface area contributed by atoms with E-state index in [1.165, 1.54) is 0 Å². The van der Waals surface area contributed by atoms with Crippen LogP contribution >= 0.6 is 11.3 Å². The van der Waals surface area contributed by atoms with Gasteiger partial charge in [0.05, 0.1) is 10.4 Å². The van der Waals surface area contributed by atoms with E-state index in [-0.39, 0.29) is 18.7 Å². The first-order valence-electron chi connectivity index (χ1n) is 11.6. The van der Waals surface area contributed by atoms with E-state index in [9.17, 15) is 4.79 Å². The molecule has 3 aromatic heterocycles. The number of para-hydroxylation sites is 1. The van der Waals surface area contributed by atoms with Crippen molar-refractivity contribution in [3.05, 3.63) is 77.7 Å². The number of benzene rings is 2. The Labute approximate surface area is 206 Å². The predicted octanol–water partition coefficient (Wildman–Crippen LogP) is 4.85. The van der Waals surface area contributed by atoms with Crippen LogP contribution in [0, 0.1) is 0 Å². The maximum atomic E-state index is 12.8. The van der Waals surface area contributed by atoms with Crippen molar-refractivity contribution in [1.82, 2.24) is 24.5 Å². The van der Waals surface area contributed by atoms with Gasteiger partial charge in [0.1, 0.15) is 6.61 Å². The summed E-state index contributed by atoms with van der Waals surface area (Å²) in [7, 11) is 0. The van der Waals surface area contributed by atoms with Crippen LogP contribution in [0.3, 0.4) is 0 Å². The van der Waals surface area contributed by atoms with Crippen molar-refractivity contribution in [3.63, 3.8) is 0 Å². The topological polar surface area (TPSA) is 75.9 Å². The lowest BCUT2D eigenvalue weighted by atomic mass is 10.2. The van der Waals surface area contributed by atoms with Crippen LogP contribution in [-0.2, 0) is 11.3 Å². The van der Waals surface area contributed by atoms with Crippen LogP contribution < -0.4 is 4.90 Å². The van der Waals surface area contributed by atoms with Crippen molar-refractivity contribution >= 4 is 39.9 Å². The van der Waals surface area contributed by atoms with E-state index in [0.29, 0.717) is 19.6 Å². The van der Waals surface area contributed by atoms with E-state index in [4.69, 9.17) is 9.72 Å². The zero-order valence-corrected chi connectivity index (χ0v) is 20.1. The summed E-state index contributed by atoms with van der Waals surface area (Å²) in [6.45, 7) is 4.11. The maximum absolute atomic E-state index is 12.8. The summed E-state index contributed by atoms with van der Waals surface area (Å²) in [5.41, 5.74) is 2.63. The van der Waals surface area contributed by atoms with Gasteiger partial charge in [0.2, 0.25) is 5.95 Å². The Hall–Kier alpha value is -3.98. The van der Waals surface area contributed by atoms with Crippen LogP contribution in [0.5, 0.6) is 0 Å². The number of piperazine rings is 1.